The van der Waals surface area contributed by atoms with Gasteiger partial charge in [0.15, 0.2) is 0 Å². The normalized spacial score (nSPS) is 19.0. The van der Waals surface area contributed by atoms with Crippen molar-refractivity contribution < 1.29 is 9.59 Å². The van der Waals surface area contributed by atoms with Gasteiger partial charge in [-0.05, 0) is 0 Å². The number of carbonyl (C=O) groups excluding carboxylic acids is 2. The summed E-state index contributed by atoms with van der Waals surface area (Å²) in [5.74, 6) is 0. The molecular formula is C5H7N2O2. The summed E-state index contributed by atoms with van der Waals surface area (Å²) in [6, 6.07) is -0.259. The Labute approximate surface area is 53.0 Å². The molecule has 0 aliphatic carbocycles. The Morgan fingerprint density at radius 2 is 2.22 bits per heavy atom. The lowest BCUT2D eigenvalue weighted by atomic mass is 10.6. The molecule has 9 heavy (non-hydrogen) atoms. The lowest BCUT2D eigenvalue weighted by molar-refractivity contribution is 0.212. The van der Waals surface area contributed by atoms with Crippen molar-refractivity contribution in [1.29, 1.82) is 0 Å². The van der Waals surface area contributed by atoms with Gasteiger partial charge in [-0.2, -0.15) is 0 Å². The standard InChI is InChI=1S/C5H7N2O2/c1-6-2-3-7(4-8)5(6)9/h2-3H2,1H3. The van der Waals surface area contributed by atoms with Crippen molar-refractivity contribution in [2.24, 2.45) is 0 Å². The first-order valence-electron chi connectivity index (χ1n) is 2.66. The zero-order valence-corrected chi connectivity index (χ0v) is 5.13. The fourth-order valence-corrected chi connectivity index (χ4v) is 0.732. The monoisotopic (exact) mass is 127 g/mol. The maximum absolute atomic E-state index is 10.7. The zero-order valence-electron chi connectivity index (χ0n) is 5.13. The predicted molar refractivity (Wildman–Crippen MR) is 30.4 cm³/mol. The number of rotatable bonds is 1. The Kier molecular flexibility index (Phi) is 1.38. The summed E-state index contributed by atoms with van der Waals surface area (Å²) >= 11 is 0. The smallest absolute Gasteiger partial charge is 0.326 e. The van der Waals surface area contributed by atoms with Gasteiger partial charge >= 0.3 is 12.4 Å². The molecular weight excluding hydrogens is 120 g/mol. The lowest BCUT2D eigenvalue weighted by Gasteiger charge is -2.05. The molecule has 1 heterocycles. The second-order valence-corrected chi connectivity index (χ2v) is 1.95. The molecule has 0 spiro atoms. The number of urea groups is 1. The molecule has 1 fully saturated rings. The van der Waals surface area contributed by atoms with E-state index < -0.39 is 0 Å². The third kappa shape index (κ3) is 0.872. The number of hydrogen-bond donors (Lipinski definition) is 0. The van der Waals surface area contributed by atoms with E-state index in [1.54, 1.807) is 7.05 Å². The SMILES string of the molecule is CN1CCN([C]=O)C1=O. The summed E-state index contributed by atoms with van der Waals surface area (Å²) in [5.41, 5.74) is 0. The highest BCUT2D eigenvalue weighted by Gasteiger charge is 2.24. The van der Waals surface area contributed by atoms with Gasteiger partial charge in [-0.25, -0.2) is 4.79 Å². The van der Waals surface area contributed by atoms with Crippen molar-refractivity contribution in [2.75, 3.05) is 20.1 Å². The zero-order chi connectivity index (χ0) is 6.85. The molecule has 0 N–H and O–H groups in total. The van der Waals surface area contributed by atoms with E-state index in [2.05, 4.69) is 0 Å². The first-order valence-corrected chi connectivity index (χ1v) is 2.66. The van der Waals surface area contributed by atoms with Crippen molar-refractivity contribution >= 4 is 12.4 Å². The van der Waals surface area contributed by atoms with Crippen LogP contribution in [-0.4, -0.2) is 42.4 Å². The number of nitrogens with zero attached hydrogens (tertiary/aromatic N) is 2. The van der Waals surface area contributed by atoms with E-state index in [4.69, 9.17) is 0 Å². The molecule has 0 saturated carbocycles. The number of carbonyl (C=O) groups is 1. The van der Waals surface area contributed by atoms with Crippen LogP contribution in [-0.2, 0) is 4.79 Å². The summed E-state index contributed by atoms with van der Waals surface area (Å²) in [6.07, 6.45) is 1.54. The van der Waals surface area contributed by atoms with Gasteiger partial charge in [-0.15, -0.1) is 0 Å². The average Bonchev–Trinajstić information content (AvgIpc) is 2.15. The van der Waals surface area contributed by atoms with Crippen LogP contribution in [0.5, 0.6) is 0 Å². The van der Waals surface area contributed by atoms with E-state index >= 15 is 0 Å². The molecule has 4 nitrogen and oxygen atoms in total. The van der Waals surface area contributed by atoms with Crippen LogP contribution in [0.4, 0.5) is 4.79 Å². The van der Waals surface area contributed by atoms with Crippen LogP contribution < -0.4 is 0 Å². The topological polar surface area (TPSA) is 40.6 Å². The van der Waals surface area contributed by atoms with E-state index in [-0.39, 0.29) is 6.03 Å². The molecule has 4 heteroatoms. The second-order valence-electron chi connectivity index (χ2n) is 1.95. The van der Waals surface area contributed by atoms with Crippen molar-refractivity contribution in [3.8, 4) is 0 Å². The molecule has 3 amide bonds. The summed E-state index contributed by atoms with van der Waals surface area (Å²) in [5, 5.41) is 0. The van der Waals surface area contributed by atoms with Crippen LogP contribution in [0.1, 0.15) is 0 Å². The first kappa shape index (κ1) is 6.07. The third-order valence-corrected chi connectivity index (χ3v) is 1.33. The molecule has 1 aliphatic heterocycles. The maximum atomic E-state index is 10.7. The highest BCUT2D eigenvalue weighted by Crippen LogP contribution is 2.01. The van der Waals surface area contributed by atoms with Gasteiger partial charge in [0, 0.05) is 20.1 Å². The maximum Gasteiger partial charge on any atom is 0.326 e. The number of hydrogen-bond acceptors (Lipinski definition) is 2. The van der Waals surface area contributed by atoms with Crippen LogP contribution in [0, 0.1) is 0 Å². The largest absolute Gasteiger partial charge is 0.326 e. The van der Waals surface area contributed by atoms with Crippen molar-refractivity contribution in [3.05, 3.63) is 0 Å². The van der Waals surface area contributed by atoms with Crippen LogP contribution in [0.3, 0.4) is 0 Å². The summed E-state index contributed by atoms with van der Waals surface area (Å²) < 4.78 is 0. The molecule has 0 unspecified atom stereocenters. The second kappa shape index (κ2) is 2.05. The molecule has 0 atom stereocenters. The molecule has 1 saturated heterocycles. The van der Waals surface area contributed by atoms with Gasteiger partial charge in [0.25, 0.3) is 0 Å². The number of imide groups is 1. The molecule has 0 aromatic carbocycles. The fraction of sp³-hybridized carbons (Fsp3) is 0.600. The van der Waals surface area contributed by atoms with Gasteiger partial charge in [0.05, 0.1) is 0 Å². The molecule has 0 aromatic heterocycles. The number of amides is 3. The Balaban J connectivity index is 2.61. The Morgan fingerprint density at radius 1 is 1.56 bits per heavy atom. The summed E-state index contributed by atoms with van der Waals surface area (Å²) in [4.78, 5) is 23.1. The van der Waals surface area contributed by atoms with Crippen molar-refractivity contribution in [1.82, 2.24) is 9.80 Å². The van der Waals surface area contributed by atoms with Gasteiger partial charge in [-0.3, -0.25) is 9.69 Å². The van der Waals surface area contributed by atoms with Crippen LogP contribution in [0.2, 0.25) is 0 Å². The summed E-state index contributed by atoms with van der Waals surface area (Å²) in [6.45, 7) is 1.09. The number of likely N-dealkylation sites (N-methyl/N-ethyl adjacent to an activating group) is 1. The van der Waals surface area contributed by atoms with Crippen LogP contribution in [0.15, 0.2) is 0 Å². The van der Waals surface area contributed by atoms with Gasteiger partial charge in [-0.1, -0.05) is 0 Å². The van der Waals surface area contributed by atoms with E-state index in [9.17, 15) is 9.59 Å². The molecule has 1 rings (SSSR count). The summed E-state index contributed by atoms with van der Waals surface area (Å²) in [7, 11) is 1.65. The van der Waals surface area contributed by atoms with E-state index in [0.717, 1.165) is 4.90 Å². The van der Waals surface area contributed by atoms with Crippen LogP contribution >= 0.6 is 0 Å². The Morgan fingerprint density at radius 3 is 2.44 bits per heavy atom. The van der Waals surface area contributed by atoms with Gasteiger partial charge < -0.3 is 4.90 Å². The fourth-order valence-electron chi connectivity index (χ4n) is 0.732. The average molecular weight is 127 g/mol. The van der Waals surface area contributed by atoms with E-state index in [1.807, 2.05) is 0 Å². The van der Waals surface area contributed by atoms with Gasteiger partial charge in [0.1, 0.15) is 0 Å². The Hall–Kier alpha value is -1.06. The highest BCUT2D eigenvalue weighted by atomic mass is 16.2. The highest BCUT2D eigenvalue weighted by molar-refractivity contribution is 5.86. The van der Waals surface area contributed by atoms with Crippen molar-refractivity contribution in [2.45, 2.75) is 0 Å². The molecule has 1 aliphatic rings. The first-order chi connectivity index (χ1) is 4.25. The molecule has 1 radical (unpaired) electrons. The molecule has 0 bridgehead atoms. The third-order valence-electron chi connectivity index (χ3n) is 1.33. The minimum atomic E-state index is -0.259. The molecule has 0 aromatic rings. The minimum absolute atomic E-state index is 0.259. The Bertz CT molecular complexity index is 146. The minimum Gasteiger partial charge on any atom is -0.326 e. The molecule has 49 valence electrons. The van der Waals surface area contributed by atoms with Crippen LogP contribution in [0.25, 0.3) is 0 Å². The predicted octanol–water partition coefficient (Wildman–Crippen LogP) is -0.579. The van der Waals surface area contributed by atoms with E-state index in [1.165, 1.54) is 11.3 Å². The van der Waals surface area contributed by atoms with E-state index in [0.29, 0.717) is 13.1 Å². The van der Waals surface area contributed by atoms with Gasteiger partial charge in [0.2, 0.25) is 0 Å². The lowest BCUT2D eigenvalue weighted by Crippen LogP contribution is -2.27. The van der Waals surface area contributed by atoms with Crippen molar-refractivity contribution in [3.63, 3.8) is 0 Å². The quantitative estimate of drug-likeness (QED) is 0.473.